The number of hydrogen-bond acceptors (Lipinski definition) is 7. The molecule has 0 atom stereocenters. The first-order chi connectivity index (χ1) is 21.1. The highest BCUT2D eigenvalue weighted by Crippen LogP contribution is 2.35. The highest BCUT2D eigenvalue weighted by atomic mass is 19.3. The van der Waals surface area contributed by atoms with Crippen LogP contribution in [0, 0.1) is 25.1 Å². The number of alkyl halides is 2. The Morgan fingerprint density at radius 1 is 1.11 bits per heavy atom. The highest BCUT2D eigenvalue weighted by molar-refractivity contribution is 6.14. The summed E-state index contributed by atoms with van der Waals surface area (Å²) in [6.45, 7) is 2.96. The molecule has 12 heteroatoms. The quantitative estimate of drug-likeness (QED) is 0.108. The first-order valence-electron chi connectivity index (χ1n) is 13.6. The lowest BCUT2D eigenvalue weighted by Gasteiger charge is -2.19. The van der Waals surface area contributed by atoms with Gasteiger partial charge in [-0.15, -0.1) is 0 Å². The van der Waals surface area contributed by atoms with Crippen LogP contribution in [0.25, 0.3) is 22.2 Å². The molecule has 6 N–H and O–H groups in total. The molecule has 5 rings (SSSR count). The summed E-state index contributed by atoms with van der Waals surface area (Å²) < 4.78 is 51.3. The number of H-pyrrole nitrogens is 1. The monoisotopic (exact) mass is 604 g/mol. The number of aryl methyl sites for hydroxylation is 2. The fourth-order valence-electron chi connectivity index (χ4n) is 4.86. The third-order valence-electron chi connectivity index (χ3n) is 7.03. The van der Waals surface area contributed by atoms with Crippen LogP contribution in [-0.4, -0.2) is 48.8 Å². The van der Waals surface area contributed by atoms with Crippen molar-refractivity contribution in [3.8, 4) is 17.2 Å². The number of nitrogens with two attached hydrogens (primary N) is 1. The van der Waals surface area contributed by atoms with Crippen LogP contribution >= 0.6 is 0 Å². The molecule has 4 aromatic rings. The summed E-state index contributed by atoms with van der Waals surface area (Å²) in [6.07, 6.45) is 0.112. The van der Waals surface area contributed by atoms with E-state index in [4.69, 9.17) is 20.6 Å². The van der Waals surface area contributed by atoms with Gasteiger partial charge in [-0.3, -0.25) is 15.4 Å². The van der Waals surface area contributed by atoms with E-state index >= 15 is 0 Å². The number of nitrogens with zero attached hydrogens (tertiary/aromatic N) is 2. The Morgan fingerprint density at radius 2 is 1.89 bits per heavy atom. The molecule has 1 aromatic heterocycles. The van der Waals surface area contributed by atoms with Crippen molar-refractivity contribution in [2.24, 2.45) is 10.7 Å². The number of hydrazine groups is 1. The smallest absolute Gasteiger partial charge is 0.272 e. The number of anilines is 1. The zero-order chi connectivity index (χ0) is 31.5. The molecule has 1 aliphatic rings. The van der Waals surface area contributed by atoms with E-state index in [1.54, 1.807) is 62.5 Å². The molecule has 0 radical (unpaired) electrons. The summed E-state index contributed by atoms with van der Waals surface area (Å²) in [6, 6.07) is 14.8. The van der Waals surface area contributed by atoms with Crippen LogP contribution in [-0.2, 0) is 0 Å². The number of aliphatic imine (C=N–C) groups is 1. The van der Waals surface area contributed by atoms with Gasteiger partial charge >= 0.3 is 0 Å². The second kappa shape index (κ2) is 12.6. The van der Waals surface area contributed by atoms with Gasteiger partial charge in [0.05, 0.1) is 17.0 Å². The number of amidine groups is 1. The minimum atomic E-state index is -2.67. The SMILES string of the molecule is CN=CC(=CN)c1cc2[nH]c(C(O)=C3CNN(c4ccc(Oc5ccc(C)cc5F)c(C)c4)C3=N)cc2cc1OCC(F)F. The van der Waals surface area contributed by atoms with Crippen molar-refractivity contribution in [2.45, 2.75) is 20.3 Å². The average molecular weight is 605 g/mol. The van der Waals surface area contributed by atoms with Crippen molar-refractivity contribution in [3.63, 3.8) is 0 Å². The number of rotatable bonds is 9. The predicted molar refractivity (Wildman–Crippen MR) is 167 cm³/mol. The lowest BCUT2D eigenvalue weighted by Crippen LogP contribution is -2.33. The van der Waals surface area contributed by atoms with E-state index in [2.05, 4.69) is 15.4 Å². The largest absolute Gasteiger partial charge is 0.505 e. The van der Waals surface area contributed by atoms with Gasteiger partial charge in [0.2, 0.25) is 0 Å². The van der Waals surface area contributed by atoms with Crippen LogP contribution in [0.15, 0.2) is 71.4 Å². The molecule has 2 heterocycles. The van der Waals surface area contributed by atoms with Gasteiger partial charge in [-0.05, 0) is 73.5 Å². The molecule has 0 saturated carbocycles. The Kier molecular flexibility index (Phi) is 8.63. The Hall–Kier alpha value is -5.23. The number of hydrogen-bond donors (Lipinski definition) is 5. The summed E-state index contributed by atoms with van der Waals surface area (Å²) in [5.41, 5.74) is 13.1. The van der Waals surface area contributed by atoms with E-state index in [0.29, 0.717) is 50.3 Å². The van der Waals surface area contributed by atoms with E-state index in [0.717, 1.165) is 5.56 Å². The van der Waals surface area contributed by atoms with Gasteiger partial charge in [-0.2, -0.15) is 0 Å². The van der Waals surface area contributed by atoms with E-state index in [1.165, 1.54) is 23.5 Å². The summed E-state index contributed by atoms with van der Waals surface area (Å²) in [4.78, 5) is 7.10. The molecule has 44 heavy (non-hydrogen) atoms. The number of ether oxygens (including phenoxy) is 2. The van der Waals surface area contributed by atoms with Crippen LogP contribution in [0.5, 0.6) is 17.2 Å². The van der Waals surface area contributed by atoms with Gasteiger partial charge in [0.15, 0.2) is 11.6 Å². The summed E-state index contributed by atoms with van der Waals surface area (Å²) >= 11 is 0. The summed E-state index contributed by atoms with van der Waals surface area (Å²) in [7, 11) is 1.56. The van der Waals surface area contributed by atoms with Crippen LogP contribution in [0.1, 0.15) is 22.4 Å². The minimum Gasteiger partial charge on any atom is -0.505 e. The summed E-state index contributed by atoms with van der Waals surface area (Å²) in [5, 5.41) is 22.1. The molecule has 1 aliphatic heterocycles. The van der Waals surface area contributed by atoms with E-state index < -0.39 is 18.8 Å². The predicted octanol–water partition coefficient (Wildman–Crippen LogP) is 6.63. The van der Waals surface area contributed by atoms with Gasteiger partial charge in [0, 0.05) is 48.0 Å². The number of allylic oxidation sites excluding steroid dienone is 1. The third kappa shape index (κ3) is 6.11. The number of aromatic nitrogens is 1. The normalized spacial score (nSPS) is 15.2. The van der Waals surface area contributed by atoms with E-state index in [9.17, 15) is 18.3 Å². The second-order valence-electron chi connectivity index (χ2n) is 10.2. The zero-order valence-corrected chi connectivity index (χ0v) is 24.2. The maximum atomic E-state index is 14.3. The van der Waals surface area contributed by atoms with Crippen molar-refractivity contribution < 1.29 is 27.8 Å². The lowest BCUT2D eigenvalue weighted by molar-refractivity contribution is 0.0818. The number of halogens is 3. The van der Waals surface area contributed by atoms with Crippen LogP contribution in [0.4, 0.5) is 18.9 Å². The first-order valence-corrected chi connectivity index (χ1v) is 13.6. The molecule has 0 spiro atoms. The van der Waals surface area contributed by atoms with Gasteiger partial charge in [-0.1, -0.05) is 6.07 Å². The summed E-state index contributed by atoms with van der Waals surface area (Å²) in [5.74, 6) is 0.162. The number of aromatic amines is 1. The molecule has 1 fully saturated rings. The maximum absolute atomic E-state index is 14.3. The van der Waals surface area contributed by atoms with Crippen molar-refractivity contribution in [1.82, 2.24) is 10.4 Å². The number of nitrogens with one attached hydrogen (secondary N) is 3. The van der Waals surface area contributed by atoms with Gasteiger partial charge in [0.1, 0.15) is 29.7 Å². The zero-order valence-electron chi connectivity index (χ0n) is 24.2. The van der Waals surface area contributed by atoms with Crippen LogP contribution < -0.4 is 25.6 Å². The standard InChI is InChI=1S/C32H31F3N6O3/c1-17-4-6-28(24(33)8-17)44-27-7-5-21(9-18(27)2)41-32(37)23(15-39-41)31(42)26-10-19-11-29(43-16-30(34)35)22(12-25(19)40-26)20(13-36)14-38-3/h4-14,30,37,39-40,42H,15-16,36H2,1-3H3. The van der Waals surface area contributed by atoms with Crippen molar-refractivity contribution in [1.29, 1.82) is 5.41 Å². The second-order valence-corrected chi connectivity index (χ2v) is 10.2. The Morgan fingerprint density at radius 3 is 2.57 bits per heavy atom. The van der Waals surface area contributed by atoms with Gasteiger partial charge < -0.3 is 25.3 Å². The number of fused-ring (bicyclic) bond motifs is 1. The fraction of sp³-hybridized carbons (Fsp3) is 0.188. The molecular formula is C32H31F3N6O3. The highest BCUT2D eigenvalue weighted by Gasteiger charge is 2.28. The van der Waals surface area contributed by atoms with Crippen LogP contribution in [0.2, 0.25) is 0 Å². The number of benzene rings is 3. The van der Waals surface area contributed by atoms with Gasteiger partial charge in [-0.25, -0.2) is 18.6 Å². The Balaban J connectivity index is 1.42. The van der Waals surface area contributed by atoms with E-state index in [-0.39, 0.29) is 29.6 Å². The molecular weight excluding hydrogens is 573 g/mol. The molecule has 0 amide bonds. The van der Waals surface area contributed by atoms with E-state index in [1.807, 2.05) is 6.92 Å². The molecule has 0 bridgehead atoms. The lowest BCUT2D eigenvalue weighted by atomic mass is 10.0. The minimum absolute atomic E-state index is 0.0213. The molecule has 3 aromatic carbocycles. The first kappa shape index (κ1) is 30.2. The van der Waals surface area contributed by atoms with Crippen LogP contribution in [0.3, 0.4) is 0 Å². The molecule has 0 aliphatic carbocycles. The van der Waals surface area contributed by atoms with Crippen molar-refractivity contribution >= 4 is 40.0 Å². The van der Waals surface area contributed by atoms with Crippen molar-refractivity contribution in [2.75, 3.05) is 25.2 Å². The Labute approximate surface area is 251 Å². The fourth-order valence-corrected chi connectivity index (χ4v) is 4.86. The maximum Gasteiger partial charge on any atom is 0.272 e. The third-order valence-corrected chi connectivity index (χ3v) is 7.03. The topological polar surface area (TPSA) is 132 Å². The molecule has 228 valence electrons. The molecule has 0 unspecified atom stereocenters. The van der Waals surface area contributed by atoms with Crippen molar-refractivity contribution in [3.05, 3.63) is 94.6 Å². The number of aliphatic hydroxyl groups excluding tert-OH is 1. The number of aliphatic hydroxyl groups is 1. The Bertz CT molecular complexity index is 1830. The molecule has 1 saturated heterocycles. The molecule has 9 nitrogen and oxygen atoms in total. The van der Waals surface area contributed by atoms with Gasteiger partial charge in [0.25, 0.3) is 6.43 Å². The average Bonchev–Trinajstić information content (AvgIpc) is 3.59.